The maximum absolute atomic E-state index is 12.3. The minimum Gasteiger partial charge on any atom is -0.317 e. The third-order valence-corrected chi connectivity index (χ3v) is 7.00. The molecule has 2 aliphatic carbocycles. The summed E-state index contributed by atoms with van der Waals surface area (Å²) < 4.78 is 27.7. The van der Waals surface area contributed by atoms with Crippen molar-refractivity contribution >= 4 is 10.0 Å². The van der Waals surface area contributed by atoms with Gasteiger partial charge in [-0.3, -0.25) is 0 Å². The fourth-order valence-corrected chi connectivity index (χ4v) is 5.99. The summed E-state index contributed by atoms with van der Waals surface area (Å²) in [6.45, 7) is 10.4. The second-order valence-corrected chi connectivity index (χ2v) is 9.37. The Morgan fingerprint density at radius 3 is 2.50 bits per heavy atom. The minimum atomic E-state index is -3.17. The van der Waals surface area contributed by atoms with Crippen molar-refractivity contribution in [3.8, 4) is 0 Å². The van der Waals surface area contributed by atoms with Gasteiger partial charge in [0.2, 0.25) is 10.0 Å². The van der Waals surface area contributed by atoms with Gasteiger partial charge in [-0.2, -0.15) is 0 Å². The normalized spacial score (nSPS) is 35.6. The van der Waals surface area contributed by atoms with E-state index < -0.39 is 10.0 Å². The molecule has 0 saturated heterocycles. The molecule has 2 N–H and O–H groups in total. The molecule has 4 nitrogen and oxygen atoms in total. The van der Waals surface area contributed by atoms with Crippen LogP contribution < -0.4 is 10.0 Å². The van der Waals surface area contributed by atoms with Crippen molar-refractivity contribution in [2.45, 2.75) is 59.4 Å². The second-order valence-electron chi connectivity index (χ2n) is 7.49. The Hall–Kier alpha value is -0.130. The molecule has 2 bridgehead atoms. The fourth-order valence-electron chi connectivity index (χ4n) is 4.40. The van der Waals surface area contributed by atoms with Crippen LogP contribution in [0.3, 0.4) is 0 Å². The number of hydrogen-bond donors (Lipinski definition) is 2. The van der Waals surface area contributed by atoms with Crippen molar-refractivity contribution in [2.75, 3.05) is 18.8 Å². The van der Waals surface area contributed by atoms with Crippen molar-refractivity contribution in [3.05, 3.63) is 0 Å². The average molecular weight is 302 g/mol. The third-order valence-electron chi connectivity index (χ3n) is 5.58. The van der Waals surface area contributed by atoms with E-state index in [4.69, 9.17) is 0 Å². The zero-order valence-corrected chi connectivity index (χ0v) is 14.1. The molecule has 2 saturated carbocycles. The van der Waals surface area contributed by atoms with Gasteiger partial charge in [0.1, 0.15) is 0 Å². The molecule has 3 atom stereocenters. The lowest BCUT2D eigenvalue weighted by Gasteiger charge is -2.42. The maximum Gasteiger partial charge on any atom is 0.211 e. The summed E-state index contributed by atoms with van der Waals surface area (Å²) in [5, 5.41) is 3.17. The summed E-state index contributed by atoms with van der Waals surface area (Å²) in [5.74, 6) is 0.898. The highest BCUT2D eigenvalue weighted by atomic mass is 32.2. The highest BCUT2D eigenvalue weighted by Gasteiger charge is 2.60. The van der Waals surface area contributed by atoms with Crippen molar-refractivity contribution < 1.29 is 8.42 Å². The monoisotopic (exact) mass is 302 g/mol. The fraction of sp³-hybridized carbons (Fsp3) is 1.00. The lowest BCUT2D eigenvalue weighted by Crippen LogP contribution is -2.52. The SMILES string of the molecule is CCNCCCS(=O)(=O)NC1C2(C)CCC(C2)C1(C)C. The molecule has 0 aromatic heterocycles. The second kappa shape index (κ2) is 5.58. The Kier molecular flexibility index (Phi) is 4.53. The molecular weight excluding hydrogens is 272 g/mol. The molecule has 20 heavy (non-hydrogen) atoms. The molecule has 0 heterocycles. The Bertz CT molecular complexity index is 442. The number of hydrogen-bond acceptors (Lipinski definition) is 3. The van der Waals surface area contributed by atoms with Crippen LogP contribution in [0.2, 0.25) is 0 Å². The standard InChI is InChI=1S/C15H30N2O2S/c1-5-16-9-6-10-20(18,19)17-13-14(2,3)12-7-8-15(13,4)11-12/h12-13,16-17H,5-11H2,1-4H3. The van der Waals surface area contributed by atoms with Crippen LogP contribution in [-0.2, 0) is 10.0 Å². The van der Waals surface area contributed by atoms with Gasteiger partial charge in [0.05, 0.1) is 5.75 Å². The smallest absolute Gasteiger partial charge is 0.211 e. The van der Waals surface area contributed by atoms with Crippen LogP contribution >= 0.6 is 0 Å². The zero-order valence-electron chi connectivity index (χ0n) is 13.3. The van der Waals surface area contributed by atoms with Crippen LogP contribution in [0.5, 0.6) is 0 Å². The topological polar surface area (TPSA) is 58.2 Å². The first kappa shape index (κ1) is 16.2. The molecule has 2 rings (SSSR count). The molecule has 3 unspecified atom stereocenters. The molecular formula is C15H30N2O2S. The Morgan fingerprint density at radius 1 is 1.25 bits per heavy atom. The van der Waals surface area contributed by atoms with Gasteiger partial charge >= 0.3 is 0 Å². The molecule has 118 valence electrons. The molecule has 2 aliphatic rings. The predicted octanol–water partition coefficient (Wildman–Crippen LogP) is 2.12. The average Bonchev–Trinajstić information content (AvgIpc) is 2.82. The van der Waals surface area contributed by atoms with E-state index in [-0.39, 0.29) is 22.6 Å². The van der Waals surface area contributed by atoms with E-state index in [1.807, 2.05) is 6.92 Å². The highest BCUT2D eigenvalue weighted by Crippen LogP contribution is 2.62. The molecule has 5 heteroatoms. The van der Waals surface area contributed by atoms with Crippen LogP contribution in [0.15, 0.2) is 0 Å². The summed E-state index contributed by atoms with van der Waals surface area (Å²) in [6, 6.07) is 0.0953. The molecule has 0 aliphatic heterocycles. The van der Waals surface area contributed by atoms with Crippen LogP contribution in [-0.4, -0.2) is 33.3 Å². The summed E-state index contributed by atoms with van der Waals surface area (Å²) in [7, 11) is -3.17. The van der Waals surface area contributed by atoms with Gasteiger partial charge in [0.15, 0.2) is 0 Å². The van der Waals surface area contributed by atoms with E-state index in [2.05, 4.69) is 30.8 Å². The van der Waals surface area contributed by atoms with E-state index in [1.165, 1.54) is 12.8 Å². The first-order chi connectivity index (χ1) is 9.21. The lowest BCUT2D eigenvalue weighted by molar-refractivity contribution is 0.127. The number of nitrogens with one attached hydrogen (secondary N) is 2. The molecule has 0 aromatic rings. The van der Waals surface area contributed by atoms with E-state index in [1.54, 1.807) is 0 Å². The summed E-state index contributed by atoms with van der Waals surface area (Å²) >= 11 is 0. The van der Waals surface area contributed by atoms with Crippen LogP contribution in [0, 0.1) is 16.7 Å². The minimum absolute atomic E-state index is 0.0851. The van der Waals surface area contributed by atoms with Gasteiger partial charge in [-0.05, 0) is 55.5 Å². The number of fused-ring (bicyclic) bond motifs is 2. The van der Waals surface area contributed by atoms with Gasteiger partial charge < -0.3 is 5.32 Å². The predicted molar refractivity (Wildman–Crippen MR) is 83.1 cm³/mol. The maximum atomic E-state index is 12.3. The van der Waals surface area contributed by atoms with Crippen molar-refractivity contribution in [2.24, 2.45) is 16.7 Å². The lowest BCUT2D eigenvalue weighted by atomic mass is 9.69. The Labute approximate surface area is 124 Å². The van der Waals surface area contributed by atoms with E-state index >= 15 is 0 Å². The number of rotatable bonds is 7. The molecule has 2 fully saturated rings. The molecule has 0 aromatic carbocycles. The summed E-state index contributed by atoms with van der Waals surface area (Å²) in [4.78, 5) is 0. The van der Waals surface area contributed by atoms with Gasteiger partial charge in [0.25, 0.3) is 0 Å². The molecule has 0 amide bonds. The highest BCUT2D eigenvalue weighted by molar-refractivity contribution is 7.89. The van der Waals surface area contributed by atoms with E-state index in [0.717, 1.165) is 19.5 Å². The van der Waals surface area contributed by atoms with Gasteiger partial charge in [-0.25, -0.2) is 13.1 Å². The Morgan fingerprint density at radius 2 is 1.95 bits per heavy atom. The van der Waals surface area contributed by atoms with Crippen LogP contribution in [0.25, 0.3) is 0 Å². The summed E-state index contributed by atoms with van der Waals surface area (Å²) in [5.41, 5.74) is 0.241. The van der Waals surface area contributed by atoms with E-state index in [9.17, 15) is 8.42 Å². The zero-order chi connectivity index (χ0) is 15.0. The van der Waals surface area contributed by atoms with Crippen molar-refractivity contribution in [1.29, 1.82) is 0 Å². The van der Waals surface area contributed by atoms with E-state index in [0.29, 0.717) is 12.3 Å². The van der Waals surface area contributed by atoms with Crippen molar-refractivity contribution in [3.63, 3.8) is 0 Å². The van der Waals surface area contributed by atoms with Gasteiger partial charge in [-0.15, -0.1) is 0 Å². The van der Waals surface area contributed by atoms with Gasteiger partial charge in [-0.1, -0.05) is 27.7 Å². The van der Waals surface area contributed by atoms with Crippen LogP contribution in [0.1, 0.15) is 53.4 Å². The third kappa shape index (κ3) is 3.04. The quantitative estimate of drug-likeness (QED) is 0.708. The largest absolute Gasteiger partial charge is 0.317 e. The molecule has 0 spiro atoms. The van der Waals surface area contributed by atoms with Crippen molar-refractivity contribution in [1.82, 2.24) is 10.0 Å². The Balaban J connectivity index is 1.98. The first-order valence-electron chi connectivity index (χ1n) is 7.92. The number of sulfonamides is 1. The first-order valence-corrected chi connectivity index (χ1v) is 9.57. The summed E-state index contributed by atoms with van der Waals surface area (Å²) in [6.07, 6.45) is 4.26. The van der Waals surface area contributed by atoms with Gasteiger partial charge in [0, 0.05) is 6.04 Å². The van der Waals surface area contributed by atoms with Crippen LogP contribution in [0.4, 0.5) is 0 Å². The molecule has 0 radical (unpaired) electrons.